The van der Waals surface area contributed by atoms with E-state index in [1.54, 1.807) is 44.5 Å². The summed E-state index contributed by atoms with van der Waals surface area (Å²) in [5.41, 5.74) is 7.36. The molecular weight excluding hydrogens is 328 g/mol. The maximum absolute atomic E-state index is 12.1. The molecule has 0 fully saturated rings. The van der Waals surface area contributed by atoms with Crippen molar-refractivity contribution in [3.05, 3.63) is 29.3 Å². The summed E-state index contributed by atoms with van der Waals surface area (Å²) in [7, 11) is 1.54. The normalized spacial score (nSPS) is 10.5. The predicted octanol–water partition coefficient (Wildman–Crippen LogP) is 2.51. The van der Waals surface area contributed by atoms with Crippen LogP contribution < -0.4 is 21.1 Å². The van der Waals surface area contributed by atoms with Crippen molar-refractivity contribution in [1.82, 2.24) is 4.98 Å². The number of methoxy groups -OCH3 is 1. The Morgan fingerprint density at radius 2 is 2.08 bits per heavy atom. The largest absolute Gasteiger partial charge is 0.497 e. The van der Waals surface area contributed by atoms with Crippen LogP contribution in [0, 0.1) is 5.92 Å². The highest BCUT2D eigenvalue weighted by atomic mass is 32.1. The number of amides is 2. The monoisotopic (exact) mass is 348 g/mol. The van der Waals surface area contributed by atoms with Crippen molar-refractivity contribution in [3.8, 4) is 5.75 Å². The van der Waals surface area contributed by atoms with E-state index < -0.39 is 0 Å². The van der Waals surface area contributed by atoms with Crippen LogP contribution in [0.3, 0.4) is 0 Å². The fraction of sp³-hybridized carbons (Fsp3) is 0.312. The highest BCUT2D eigenvalue weighted by molar-refractivity contribution is 7.13. The van der Waals surface area contributed by atoms with E-state index in [0.29, 0.717) is 27.9 Å². The van der Waals surface area contributed by atoms with Gasteiger partial charge in [0, 0.05) is 17.4 Å². The summed E-state index contributed by atoms with van der Waals surface area (Å²) in [5.74, 6) is 0.120. The smallest absolute Gasteiger partial charge is 0.230 e. The number of carbonyl (C=O) groups excluding carboxylic acids is 2. The zero-order valence-electron chi connectivity index (χ0n) is 13.8. The van der Waals surface area contributed by atoms with Crippen molar-refractivity contribution < 1.29 is 14.3 Å². The molecule has 1 aromatic heterocycles. The van der Waals surface area contributed by atoms with Gasteiger partial charge in [-0.3, -0.25) is 9.59 Å². The lowest BCUT2D eigenvalue weighted by atomic mass is 10.2. The van der Waals surface area contributed by atoms with Gasteiger partial charge < -0.3 is 21.1 Å². The summed E-state index contributed by atoms with van der Waals surface area (Å²) >= 11 is 1.29. The van der Waals surface area contributed by atoms with E-state index in [9.17, 15) is 9.59 Å². The van der Waals surface area contributed by atoms with Crippen molar-refractivity contribution in [2.24, 2.45) is 5.92 Å². The Bertz CT molecular complexity index is 743. The predicted molar refractivity (Wildman–Crippen MR) is 95.3 cm³/mol. The van der Waals surface area contributed by atoms with Gasteiger partial charge in [-0.15, -0.1) is 11.3 Å². The van der Waals surface area contributed by atoms with E-state index in [1.165, 1.54) is 11.3 Å². The van der Waals surface area contributed by atoms with Crippen molar-refractivity contribution in [2.75, 3.05) is 23.5 Å². The Balaban J connectivity index is 1.98. The number of carbonyl (C=O) groups is 2. The second-order valence-corrected chi connectivity index (χ2v) is 6.32. The number of nitrogens with one attached hydrogen (secondary N) is 2. The third-order valence-corrected chi connectivity index (χ3v) is 3.99. The average molecular weight is 348 g/mol. The Kier molecular flexibility index (Phi) is 5.75. The molecule has 2 rings (SSSR count). The molecule has 0 aliphatic rings. The van der Waals surface area contributed by atoms with E-state index >= 15 is 0 Å². The molecule has 0 radical (unpaired) electrons. The summed E-state index contributed by atoms with van der Waals surface area (Å²) in [6.45, 7) is 3.60. The first-order valence-corrected chi connectivity index (χ1v) is 8.25. The van der Waals surface area contributed by atoms with Crippen molar-refractivity contribution >= 4 is 39.7 Å². The van der Waals surface area contributed by atoms with Gasteiger partial charge in [-0.25, -0.2) is 4.98 Å². The number of hydrogen-bond acceptors (Lipinski definition) is 6. The Hall–Kier alpha value is -2.61. The molecule has 0 unspecified atom stereocenters. The fourth-order valence-corrected chi connectivity index (χ4v) is 2.54. The molecule has 8 heteroatoms. The molecule has 24 heavy (non-hydrogen) atoms. The molecule has 2 aromatic rings. The number of rotatable bonds is 6. The molecule has 7 nitrogen and oxygen atoms in total. The van der Waals surface area contributed by atoms with Gasteiger partial charge in [0.25, 0.3) is 0 Å². The van der Waals surface area contributed by atoms with Crippen LogP contribution in [0.4, 0.5) is 16.5 Å². The highest BCUT2D eigenvalue weighted by Gasteiger charge is 2.13. The summed E-state index contributed by atoms with van der Waals surface area (Å²) < 4.78 is 5.11. The number of aromatic nitrogens is 1. The summed E-state index contributed by atoms with van der Waals surface area (Å²) in [5, 5.41) is 7.67. The molecule has 0 saturated carbocycles. The number of nitrogen functional groups attached to an aromatic ring is 1. The van der Waals surface area contributed by atoms with Gasteiger partial charge >= 0.3 is 0 Å². The van der Waals surface area contributed by atoms with Crippen LogP contribution >= 0.6 is 11.3 Å². The van der Waals surface area contributed by atoms with Crippen LogP contribution in [0.2, 0.25) is 0 Å². The van der Waals surface area contributed by atoms with Crippen molar-refractivity contribution in [1.29, 1.82) is 0 Å². The summed E-state index contributed by atoms with van der Waals surface area (Å²) in [4.78, 5) is 28.0. The molecule has 1 aromatic carbocycles. The number of benzene rings is 1. The summed E-state index contributed by atoms with van der Waals surface area (Å²) in [6.07, 6.45) is 0.0880. The number of anilines is 3. The summed E-state index contributed by atoms with van der Waals surface area (Å²) in [6, 6.07) is 5.04. The van der Waals surface area contributed by atoms with Gasteiger partial charge in [-0.05, 0) is 12.1 Å². The third kappa shape index (κ3) is 4.69. The van der Waals surface area contributed by atoms with Crippen LogP contribution in [-0.4, -0.2) is 23.9 Å². The lowest BCUT2D eigenvalue weighted by molar-refractivity contribution is -0.119. The minimum absolute atomic E-state index is 0.0880. The molecule has 0 aliphatic carbocycles. The fourth-order valence-electron chi connectivity index (χ4n) is 1.82. The Labute approximate surface area is 144 Å². The second kappa shape index (κ2) is 7.78. The molecule has 1 heterocycles. The molecule has 0 spiro atoms. The first-order valence-electron chi connectivity index (χ1n) is 7.37. The first kappa shape index (κ1) is 17.7. The standard InChI is InChI=1S/C16H20N4O3S/c1-9(2)15(22)20-16-18-10(8-24-16)6-14(21)19-13-7-11(23-3)4-5-12(13)17/h4-5,7-9H,6,17H2,1-3H3,(H,19,21)(H,18,20,22). The Morgan fingerprint density at radius 1 is 1.33 bits per heavy atom. The highest BCUT2D eigenvalue weighted by Crippen LogP contribution is 2.24. The van der Waals surface area contributed by atoms with E-state index in [-0.39, 0.29) is 24.2 Å². The van der Waals surface area contributed by atoms with Crippen LogP contribution in [0.25, 0.3) is 0 Å². The number of thiazole rings is 1. The molecular formula is C16H20N4O3S. The molecule has 2 amide bonds. The third-order valence-electron chi connectivity index (χ3n) is 3.18. The second-order valence-electron chi connectivity index (χ2n) is 5.47. The van der Waals surface area contributed by atoms with Crippen molar-refractivity contribution in [3.63, 3.8) is 0 Å². The Morgan fingerprint density at radius 3 is 2.75 bits per heavy atom. The molecule has 128 valence electrons. The number of ether oxygens (including phenoxy) is 1. The van der Waals surface area contributed by atoms with Gasteiger partial charge in [-0.2, -0.15) is 0 Å². The average Bonchev–Trinajstić information content (AvgIpc) is 2.96. The first-order chi connectivity index (χ1) is 11.4. The zero-order valence-corrected chi connectivity index (χ0v) is 14.6. The maximum Gasteiger partial charge on any atom is 0.230 e. The van der Waals surface area contributed by atoms with Gasteiger partial charge in [0.05, 0.1) is 30.6 Å². The van der Waals surface area contributed by atoms with Gasteiger partial charge in [0.2, 0.25) is 11.8 Å². The van der Waals surface area contributed by atoms with Gasteiger partial charge in [0.1, 0.15) is 5.75 Å². The van der Waals surface area contributed by atoms with E-state index in [2.05, 4.69) is 15.6 Å². The van der Waals surface area contributed by atoms with E-state index in [1.807, 2.05) is 0 Å². The van der Waals surface area contributed by atoms with Crippen molar-refractivity contribution in [2.45, 2.75) is 20.3 Å². The molecule has 0 aliphatic heterocycles. The topological polar surface area (TPSA) is 106 Å². The zero-order chi connectivity index (χ0) is 17.7. The SMILES string of the molecule is COc1ccc(N)c(NC(=O)Cc2csc(NC(=O)C(C)C)n2)c1. The van der Waals surface area contributed by atoms with E-state index in [4.69, 9.17) is 10.5 Å². The lowest BCUT2D eigenvalue weighted by Gasteiger charge is -2.09. The van der Waals surface area contributed by atoms with Crippen LogP contribution in [0.5, 0.6) is 5.75 Å². The number of hydrogen-bond donors (Lipinski definition) is 3. The van der Waals surface area contributed by atoms with Crippen LogP contribution in [-0.2, 0) is 16.0 Å². The van der Waals surface area contributed by atoms with Gasteiger partial charge in [0.15, 0.2) is 5.13 Å². The van der Waals surface area contributed by atoms with Crippen LogP contribution in [0.1, 0.15) is 19.5 Å². The van der Waals surface area contributed by atoms with E-state index in [0.717, 1.165) is 0 Å². The van der Waals surface area contributed by atoms with Gasteiger partial charge in [-0.1, -0.05) is 13.8 Å². The quantitative estimate of drug-likeness (QED) is 0.696. The molecule has 0 saturated heterocycles. The minimum atomic E-state index is -0.248. The molecule has 0 bridgehead atoms. The number of nitrogens with two attached hydrogens (primary N) is 1. The van der Waals surface area contributed by atoms with Crippen LogP contribution in [0.15, 0.2) is 23.6 Å². The lowest BCUT2D eigenvalue weighted by Crippen LogP contribution is -2.18. The minimum Gasteiger partial charge on any atom is -0.497 e. The molecule has 4 N–H and O–H groups in total. The number of nitrogens with zero attached hydrogens (tertiary/aromatic N) is 1. The molecule has 0 atom stereocenters. The maximum atomic E-state index is 12.1.